The zero-order chi connectivity index (χ0) is 34.1. The molecular formula is C37H58O9. The summed E-state index contributed by atoms with van der Waals surface area (Å²) in [7, 11) is 0. The third kappa shape index (κ3) is 5.36. The molecular weight excluding hydrogens is 588 g/mol. The molecule has 1 heterocycles. The highest BCUT2D eigenvalue weighted by molar-refractivity contribution is 5.86. The van der Waals surface area contributed by atoms with E-state index in [-0.39, 0.29) is 28.4 Å². The fourth-order valence-electron chi connectivity index (χ4n) is 10.7. The highest BCUT2D eigenvalue weighted by Gasteiger charge is 2.66. The molecule has 0 radical (unpaired) electrons. The quantitative estimate of drug-likeness (QED) is 0.223. The number of hydrogen-bond acceptors (Lipinski definition) is 8. The van der Waals surface area contributed by atoms with E-state index in [1.54, 1.807) is 0 Å². The second-order valence-electron chi connectivity index (χ2n) is 16.8. The molecule has 5 N–H and O–H groups in total. The molecule has 1 saturated heterocycles. The smallest absolute Gasteiger partial charge is 0.306 e. The predicted molar refractivity (Wildman–Crippen MR) is 172 cm³/mol. The van der Waals surface area contributed by atoms with E-state index < -0.39 is 66.1 Å². The Kier molecular flexibility index (Phi) is 9.59. The SMILES string of the molecule is C=C(CC[C@@H](C(=O)O)[C@H]1CC[C@@]2(C)C3=C(CC[C@]12C)[C@@]1(C)CCC(=O)C(C)(C)[C@H]1C[C@H]3O[C@@H]1O[C@H](CO)[C@@H](O)[C@@H](O)[C@H]1O)C(C)C. The van der Waals surface area contributed by atoms with E-state index in [0.717, 1.165) is 43.3 Å². The fraction of sp³-hybridized carbons (Fsp3) is 0.838. The molecule has 9 nitrogen and oxygen atoms in total. The molecule has 0 amide bonds. The van der Waals surface area contributed by atoms with Crippen LogP contribution in [0, 0.1) is 45.3 Å². The van der Waals surface area contributed by atoms with Gasteiger partial charge in [0.1, 0.15) is 30.2 Å². The number of carboxylic acid groups (broad SMARTS) is 1. The molecule has 9 heteroatoms. The van der Waals surface area contributed by atoms with E-state index in [1.807, 2.05) is 13.8 Å². The third-order valence-electron chi connectivity index (χ3n) is 14.1. The number of fused-ring (bicyclic) bond motifs is 4. The van der Waals surface area contributed by atoms with Gasteiger partial charge < -0.3 is 35.0 Å². The zero-order valence-corrected chi connectivity index (χ0v) is 28.9. The van der Waals surface area contributed by atoms with Gasteiger partial charge in [0.15, 0.2) is 6.29 Å². The maximum absolute atomic E-state index is 13.3. The number of carboxylic acids is 1. The first-order valence-electron chi connectivity index (χ1n) is 17.5. The first kappa shape index (κ1) is 35.7. The third-order valence-corrected chi connectivity index (χ3v) is 14.1. The Morgan fingerprint density at radius 2 is 1.70 bits per heavy atom. The van der Waals surface area contributed by atoms with Crippen molar-refractivity contribution in [2.75, 3.05) is 6.61 Å². The van der Waals surface area contributed by atoms with Gasteiger partial charge >= 0.3 is 5.97 Å². The van der Waals surface area contributed by atoms with Gasteiger partial charge in [0.25, 0.3) is 0 Å². The van der Waals surface area contributed by atoms with Crippen LogP contribution in [0.2, 0.25) is 0 Å². The number of Topliss-reactive ketones (excluding diaryl/α,β-unsaturated/α-hetero) is 1. The van der Waals surface area contributed by atoms with E-state index in [1.165, 1.54) is 5.57 Å². The van der Waals surface area contributed by atoms with Crippen LogP contribution < -0.4 is 0 Å². The molecule has 0 spiro atoms. The van der Waals surface area contributed by atoms with Crippen molar-refractivity contribution in [2.45, 2.75) is 143 Å². The van der Waals surface area contributed by atoms with Crippen LogP contribution in [0.15, 0.2) is 23.3 Å². The summed E-state index contributed by atoms with van der Waals surface area (Å²) in [5.74, 6) is -0.827. The van der Waals surface area contributed by atoms with Crippen LogP contribution >= 0.6 is 0 Å². The molecule has 5 aliphatic rings. The fourth-order valence-corrected chi connectivity index (χ4v) is 10.7. The van der Waals surface area contributed by atoms with E-state index in [4.69, 9.17) is 9.47 Å². The topological polar surface area (TPSA) is 154 Å². The Bertz CT molecular complexity index is 1250. The Hall–Kier alpha value is -1.62. The summed E-state index contributed by atoms with van der Waals surface area (Å²) in [4.78, 5) is 26.2. The second kappa shape index (κ2) is 12.4. The lowest BCUT2D eigenvalue weighted by molar-refractivity contribution is -0.312. The molecule has 12 atom stereocenters. The maximum atomic E-state index is 13.3. The number of ether oxygens (including phenoxy) is 2. The molecule has 0 aromatic rings. The predicted octanol–water partition coefficient (Wildman–Crippen LogP) is 4.79. The molecule has 3 fully saturated rings. The van der Waals surface area contributed by atoms with Gasteiger partial charge in [0.2, 0.25) is 0 Å². The van der Waals surface area contributed by atoms with Crippen molar-refractivity contribution in [1.82, 2.24) is 0 Å². The summed E-state index contributed by atoms with van der Waals surface area (Å²) in [6.07, 6.45) is -1.40. The average molecular weight is 647 g/mol. The van der Waals surface area contributed by atoms with Gasteiger partial charge in [-0.3, -0.25) is 9.59 Å². The molecule has 0 aromatic heterocycles. The Balaban J connectivity index is 1.58. The normalized spacial score (nSPS) is 44.4. The van der Waals surface area contributed by atoms with E-state index in [0.29, 0.717) is 31.6 Å². The number of aliphatic hydroxyl groups excluding tert-OH is 4. The highest BCUT2D eigenvalue weighted by Crippen LogP contribution is 2.72. The Morgan fingerprint density at radius 3 is 2.30 bits per heavy atom. The van der Waals surface area contributed by atoms with Crippen molar-refractivity contribution in [3.05, 3.63) is 23.3 Å². The molecule has 2 saturated carbocycles. The van der Waals surface area contributed by atoms with Gasteiger partial charge in [-0.2, -0.15) is 0 Å². The molecule has 0 bridgehead atoms. The van der Waals surface area contributed by atoms with Crippen LogP contribution in [0.1, 0.15) is 106 Å². The Morgan fingerprint density at radius 1 is 1.02 bits per heavy atom. The first-order valence-corrected chi connectivity index (χ1v) is 17.5. The van der Waals surface area contributed by atoms with Crippen LogP contribution in [0.4, 0.5) is 0 Å². The number of carbonyl (C=O) groups excluding carboxylic acids is 1. The monoisotopic (exact) mass is 646 g/mol. The largest absolute Gasteiger partial charge is 0.481 e. The van der Waals surface area contributed by atoms with Crippen LogP contribution in [-0.2, 0) is 19.1 Å². The van der Waals surface area contributed by atoms with Crippen molar-refractivity contribution in [1.29, 1.82) is 0 Å². The second-order valence-corrected chi connectivity index (χ2v) is 16.8. The van der Waals surface area contributed by atoms with Crippen LogP contribution in [0.25, 0.3) is 0 Å². The summed E-state index contributed by atoms with van der Waals surface area (Å²) in [5, 5.41) is 52.5. The minimum absolute atomic E-state index is 0.0335. The number of ketones is 1. The summed E-state index contributed by atoms with van der Waals surface area (Å²) < 4.78 is 12.6. The van der Waals surface area contributed by atoms with Crippen LogP contribution in [-0.4, -0.2) is 80.7 Å². The summed E-state index contributed by atoms with van der Waals surface area (Å²) in [5.41, 5.74) is 1.90. The number of rotatable bonds is 9. The molecule has 0 aromatic carbocycles. The number of allylic oxidation sites excluding steroid dienone is 2. The summed E-state index contributed by atoms with van der Waals surface area (Å²) >= 11 is 0. The maximum Gasteiger partial charge on any atom is 0.306 e. The lowest BCUT2D eigenvalue weighted by atomic mass is 9.43. The van der Waals surface area contributed by atoms with Gasteiger partial charge in [-0.25, -0.2) is 0 Å². The molecule has 5 rings (SSSR count). The molecule has 4 aliphatic carbocycles. The van der Waals surface area contributed by atoms with Crippen molar-refractivity contribution in [3.8, 4) is 0 Å². The number of aliphatic hydroxyl groups is 4. The lowest BCUT2D eigenvalue weighted by Crippen LogP contribution is -2.61. The number of carbonyl (C=O) groups is 2. The van der Waals surface area contributed by atoms with Crippen LogP contribution in [0.3, 0.4) is 0 Å². The molecule has 260 valence electrons. The summed E-state index contributed by atoms with van der Waals surface area (Å²) in [6, 6.07) is 0. The van der Waals surface area contributed by atoms with E-state index >= 15 is 0 Å². The van der Waals surface area contributed by atoms with Gasteiger partial charge in [0.05, 0.1) is 18.6 Å². The average Bonchev–Trinajstić information content (AvgIpc) is 3.26. The highest BCUT2D eigenvalue weighted by atomic mass is 16.7. The van der Waals surface area contributed by atoms with Gasteiger partial charge in [-0.15, -0.1) is 0 Å². The van der Waals surface area contributed by atoms with E-state index in [2.05, 4.69) is 41.2 Å². The Labute approximate surface area is 274 Å². The molecule has 1 aliphatic heterocycles. The van der Waals surface area contributed by atoms with Gasteiger partial charge in [0, 0.05) is 11.8 Å². The minimum Gasteiger partial charge on any atom is -0.481 e. The number of hydrogen-bond donors (Lipinski definition) is 5. The lowest BCUT2D eigenvalue weighted by Gasteiger charge is -2.62. The van der Waals surface area contributed by atoms with Crippen molar-refractivity contribution in [2.24, 2.45) is 45.3 Å². The van der Waals surface area contributed by atoms with Crippen molar-refractivity contribution >= 4 is 11.8 Å². The van der Waals surface area contributed by atoms with E-state index in [9.17, 15) is 35.1 Å². The van der Waals surface area contributed by atoms with Crippen molar-refractivity contribution < 1.29 is 44.6 Å². The van der Waals surface area contributed by atoms with Crippen LogP contribution in [0.5, 0.6) is 0 Å². The minimum atomic E-state index is -1.56. The standard InChI is InChI=1S/C37H58O9/c1-19(2)20(3)9-10-21(32(43)44)22-11-16-37(8)28-23(12-15-36(22,37)7)35(6)14-13-27(39)34(4,5)26(35)17-24(28)45-33-31(42)30(41)29(40)25(18-38)46-33/h19,21-22,24-26,29-31,33,38,40-42H,3,9-18H2,1-2,4-8H3,(H,43,44)/t21-,22-,24-,25-,26-,29-,30-,31-,33-,35-,36-,37+/m1/s1. The first-order chi connectivity index (χ1) is 21.3. The van der Waals surface area contributed by atoms with Crippen molar-refractivity contribution in [3.63, 3.8) is 0 Å². The number of aliphatic carboxylic acids is 1. The van der Waals surface area contributed by atoms with Gasteiger partial charge in [-0.1, -0.05) is 66.2 Å². The molecule has 46 heavy (non-hydrogen) atoms. The molecule has 0 unspecified atom stereocenters. The zero-order valence-electron chi connectivity index (χ0n) is 28.9. The van der Waals surface area contributed by atoms with Gasteiger partial charge in [-0.05, 0) is 90.9 Å². The summed E-state index contributed by atoms with van der Waals surface area (Å²) in [6.45, 7) is 18.7.